The van der Waals surface area contributed by atoms with Gasteiger partial charge in [0, 0.05) is 31.1 Å². The van der Waals surface area contributed by atoms with Crippen molar-refractivity contribution >= 4 is 16.8 Å². The van der Waals surface area contributed by atoms with Gasteiger partial charge < -0.3 is 15.0 Å². The number of aromatic nitrogens is 4. The third kappa shape index (κ3) is 2.67. The van der Waals surface area contributed by atoms with Gasteiger partial charge in [-0.15, -0.1) is 0 Å². The van der Waals surface area contributed by atoms with Crippen LogP contribution >= 0.6 is 0 Å². The van der Waals surface area contributed by atoms with Crippen molar-refractivity contribution in [3.05, 3.63) is 47.9 Å². The number of nitrogens with one attached hydrogen (secondary N) is 2. The topological polar surface area (TPSA) is 97.9 Å². The van der Waals surface area contributed by atoms with Crippen LogP contribution in [0.1, 0.15) is 24.1 Å². The van der Waals surface area contributed by atoms with Gasteiger partial charge in [-0.05, 0) is 35.6 Å². The second kappa shape index (κ2) is 5.76. The average Bonchev–Trinajstić information content (AvgIpc) is 3.32. The SMILES string of the molecule is O=C(CCc1ccc2[nH]ccc2c1)N1CCC(O)(c2cn[nH]n2)C1. The van der Waals surface area contributed by atoms with E-state index in [1.807, 2.05) is 24.4 Å². The van der Waals surface area contributed by atoms with Crippen LogP contribution in [0.25, 0.3) is 10.9 Å². The molecule has 1 atom stereocenters. The van der Waals surface area contributed by atoms with E-state index in [1.54, 1.807) is 4.90 Å². The van der Waals surface area contributed by atoms with Crippen molar-refractivity contribution < 1.29 is 9.90 Å². The van der Waals surface area contributed by atoms with E-state index in [1.165, 1.54) is 6.20 Å². The first kappa shape index (κ1) is 14.9. The summed E-state index contributed by atoms with van der Waals surface area (Å²) in [6.45, 7) is 0.814. The van der Waals surface area contributed by atoms with Crippen LogP contribution in [-0.2, 0) is 16.8 Å². The second-order valence-corrected chi connectivity index (χ2v) is 6.35. The number of aryl methyl sites for hydroxylation is 1. The summed E-state index contributed by atoms with van der Waals surface area (Å²) in [5.74, 6) is 0.0589. The van der Waals surface area contributed by atoms with E-state index in [0.717, 1.165) is 16.5 Å². The van der Waals surface area contributed by atoms with E-state index < -0.39 is 5.60 Å². The predicted molar refractivity (Wildman–Crippen MR) is 88.1 cm³/mol. The molecule has 0 spiro atoms. The predicted octanol–water partition coefficient (Wildman–Crippen LogP) is 1.34. The number of aliphatic hydroxyl groups is 1. The molecule has 0 bridgehead atoms. The van der Waals surface area contributed by atoms with Crippen LogP contribution in [0, 0.1) is 0 Å². The Labute approximate surface area is 138 Å². The minimum Gasteiger partial charge on any atom is -0.381 e. The maximum absolute atomic E-state index is 12.5. The maximum atomic E-state index is 12.5. The molecule has 0 saturated carbocycles. The third-order valence-corrected chi connectivity index (χ3v) is 4.74. The highest BCUT2D eigenvalue weighted by atomic mass is 16.3. The van der Waals surface area contributed by atoms with Gasteiger partial charge in [0.2, 0.25) is 5.91 Å². The van der Waals surface area contributed by atoms with E-state index in [4.69, 9.17) is 0 Å². The minimum atomic E-state index is -1.09. The van der Waals surface area contributed by atoms with Gasteiger partial charge in [-0.25, -0.2) is 0 Å². The molecule has 4 rings (SSSR count). The Morgan fingerprint density at radius 3 is 3.12 bits per heavy atom. The van der Waals surface area contributed by atoms with Gasteiger partial charge in [-0.3, -0.25) is 4.79 Å². The number of rotatable bonds is 4. The summed E-state index contributed by atoms with van der Waals surface area (Å²) in [5.41, 5.74) is 1.64. The zero-order chi connectivity index (χ0) is 16.6. The number of hydrogen-bond donors (Lipinski definition) is 3. The summed E-state index contributed by atoms with van der Waals surface area (Å²) in [4.78, 5) is 17.3. The molecule has 1 aliphatic rings. The molecule has 3 heterocycles. The molecule has 1 unspecified atom stereocenters. The van der Waals surface area contributed by atoms with Crippen molar-refractivity contribution in [2.24, 2.45) is 0 Å². The standard InChI is InChI=1S/C17H19N5O2/c23-16(4-2-12-1-3-14-13(9-12)5-7-18-14)22-8-6-17(24,11-22)15-10-19-21-20-15/h1,3,5,7,9-10,18,24H,2,4,6,8,11H2,(H,19,20,21). The molecule has 1 fully saturated rings. The van der Waals surface area contributed by atoms with E-state index in [0.29, 0.717) is 31.5 Å². The minimum absolute atomic E-state index is 0.0589. The Kier molecular flexibility index (Phi) is 3.57. The van der Waals surface area contributed by atoms with Crippen molar-refractivity contribution in [3.63, 3.8) is 0 Å². The number of β-amino-alcohol motifs (C(OH)–C–C–N with tert-alkyl or cyclic N) is 1. The molecule has 124 valence electrons. The molecular formula is C17H19N5O2. The van der Waals surface area contributed by atoms with E-state index in [2.05, 4.69) is 26.5 Å². The zero-order valence-corrected chi connectivity index (χ0v) is 13.2. The first-order valence-electron chi connectivity index (χ1n) is 8.06. The highest BCUT2D eigenvalue weighted by Crippen LogP contribution is 2.30. The molecule has 7 heteroatoms. The first-order chi connectivity index (χ1) is 11.6. The van der Waals surface area contributed by atoms with Crippen molar-refractivity contribution in [2.45, 2.75) is 24.9 Å². The average molecular weight is 325 g/mol. The Hall–Kier alpha value is -2.67. The summed E-state index contributed by atoms with van der Waals surface area (Å²) in [6.07, 6.45) is 5.04. The summed E-state index contributed by atoms with van der Waals surface area (Å²) < 4.78 is 0. The highest BCUT2D eigenvalue weighted by molar-refractivity contribution is 5.80. The molecule has 2 aromatic heterocycles. The number of amides is 1. The molecule has 0 aliphatic carbocycles. The van der Waals surface area contributed by atoms with E-state index in [9.17, 15) is 9.90 Å². The van der Waals surface area contributed by atoms with Gasteiger partial charge in [0.1, 0.15) is 11.3 Å². The summed E-state index contributed by atoms with van der Waals surface area (Å²) >= 11 is 0. The van der Waals surface area contributed by atoms with Gasteiger partial charge in [-0.2, -0.15) is 15.4 Å². The molecular weight excluding hydrogens is 306 g/mol. The van der Waals surface area contributed by atoms with Crippen molar-refractivity contribution in [3.8, 4) is 0 Å². The van der Waals surface area contributed by atoms with Gasteiger partial charge >= 0.3 is 0 Å². The van der Waals surface area contributed by atoms with Crippen LogP contribution in [0.4, 0.5) is 0 Å². The van der Waals surface area contributed by atoms with Crippen molar-refractivity contribution in [1.82, 2.24) is 25.3 Å². The maximum Gasteiger partial charge on any atom is 0.223 e. The highest BCUT2D eigenvalue weighted by Gasteiger charge is 2.41. The van der Waals surface area contributed by atoms with Crippen LogP contribution in [0.2, 0.25) is 0 Å². The fourth-order valence-electron chi connectivity index (χ4n) is 3.31. The summed E-state index contributed by atoms with van der Waals surface area (Å²) in [7, 11) is 0. The molecule has 3 aromatic rings. The Morgan fingerprint density at radius 1 is 1.38 bits per heavy atom. The smallest absolute Gasteiger partial charge is 0.223 e. The van der Waals surface area contributed by atoms with Crippen LogP contribution in [0.3, 0.4) is 0 Å². The molecule has 1 aromatic carbocycles. The number of fused-ring (bicyclic) bond motifs is 1. The van der Waals surface area contributed by atoms with Crippen molar-refractivity contribution in [2.75, 3.05) is 13.1 Å². The lowest BCUT2D eigenvalue weighted by Crippen LogP contribution is -2.34. The normalized spacial score (nSPS) is 20.8. The first-order valence-corrected chi connectivity index (χ1v) is 8.06. The summed E-state index contributed by atoms with van der Waals surface area (Å²) in [6, 6.07) is 8.21. The van der Waals surface area contributed by atoms with Crippen molar-refractivity contribution in [1.29, 1.82) is 0 Å². The number of hydrogen-bond acceptors (Lipinski definition) is 4. The second-order valence-electron chi connectivity index (χ2n) is 6.35. The van der Waals surface area contributed by atoms with Gasteiger partial charge in [-0.1, -0.05) is 6.07 Å². The van der Waals surface area contributed by atoms with E-state index in [-0.39, 0.29) is 12.5 Å². The number of H-pyrrole nitrogens is 2. The number of carbonyl (C=O) groups excluding carboxylic acids is 1. The molecule has 3 N–H and O–H groups in total. The molecule has 1 saturated heterocycles. The third-order valence-electron chi connectivity index (χ3n) is 4.74. The Balaban J connectivity index is 1.38. The van der Waals surface area contributed by atoms with Crippen LogP contribution in [0.5, 0.6) is 0 Å². The lowest BCUT2D eigenvalue weighted by atomic mass is 10.00. The largest absolute Gasteiger partial charge is 0.381 e. The molecule has 1 aliphatic heterocycles. The van der Waals surface area contributed by atoms with Crippen LogP contribution in [0.15, 0.2) is 36.7 Å². The monoisotopic (exact) mass is 325 g/mol. The van der Waals surface area contributed by atoms with Crippen LogP contribution in [-0.4, -0.2) is 49.4 Å². The van der Waals surface area contributed by atoms with Crippen LogP contribution < -0.4 is 0 Å². The number of benzene rings is 1. The quantitative estimate of drug-likeness (QED) is 0.674. The number of likely N-dealkylation sites (tertiary alicyclic amines) is 1. The number of carbonyl (C=O) groups is 1. The lowest BCUT2D eigenvalue weighted by molar-refractivity contribution is -0.131. The van der Waals surface area contributed by atoms with Gasteiger partial charge in [0.15, 0.2) is 0 Å². The van der Waals surface area contributed by atoms with E-state index >= 15 is 0 Å². The molecule has 0 radical (unpaired) electrons. The number of nitrogens with zero attached hydrogens (tertiary/aromatic N) is 3. The molecule has 7 nitrogen and oxygen atoms in total. The Morgan fingerprint density at radius 2 is 2.29 bits per heavy atom. The lowest BCUT2D eigenvalue weighted by Gasteiger charge is -2.21. The van der Waals surface area contributed by atoms with Gasteiger partial charge in [0.05, 0.1) is 12.7 Å². The summed E-state index contributed by atoms with van der Waals surface area (Å²) in [5, 5.41) is 22.0. The molecule has 1 amide bonds. The fraction of sp³-hybridized carbons (Fsp3) is 0.353. The fourth-order valence-corrected chi connectivity index (χ4v) is 3.31. The Bertz CT molecular complexity index is 857. The zero-order valence-electron chi connectivity index (χ0n) is 13.2. The molecule has 24 heavy (non-hydrogen) atoms. The number of aromatic amines is 2. The van der Waals surface area contributed by atoms with Gasteiger partial charge in [0.25, 0.3) is 0 Å².